The summed E-state index contributed by atoms with van der Waals surface area (Å²) in [6, 6.07) is 0. The number of unbranched alkanes of at least 4 members (excludes halogenated alkanes) is 28. The van der Waals surface area contributed by atoms with Gasteiger partial charge in [0, 0.05) is 0 Å². The SMILES string of the molecule is CCCCCCCCCCCN(CCCCCCCCCCC)CCCCCCCCCCCCCCCC(C)C. The Kier molecular flexibility index (Phi) is 36.1. The molecule has 0 atom stereocenters. The Morgan fingerprint density at radius 3 is 0.756 bits per heavy atom. The lowest BCUT2D eigenvalue weighted by Gasteiger charge is -2.22. The molecule has 1 heteroatoms. The maximum Gasteiger partial charge on any atom is -0.00187 e. The third kappa shape index (κ3) is 36.1. The molecule has 0 aromatic rings. The van der Waals surface area contributed by atoms with Crippen molar-refractivity contribution in [3.05, 3.63) is 0 Å². The van der Waals surface area contributed by atoms with E-state index >= 15 is 0 Å². The van der Waals surface area contributed by atoms with Gasteiger partial charge in [-0.25, -0.2) is 0 Å². The Bertz CT molecular complexity index is 422. The molecule has 0 unspecified atom stereocenters. The van der Waals surface area contributed by atoms with Gasteiger partial charge in [0.2, 0.25) is 0 Å². The molecule has 0 aliphatic rings. The van der Waals surface area contributed by atoms with Crippen molar-refractivity contribution in [1.29, 1.82) is 0 Å². The predicted octanol–water partition coefficient (Wildman–Crippen LogP) is 14.5. The highest BCUT2D eigenvalue weighted by Crippen LogP contribution is 2.16. The number of rotatable bonds is 36. The van der Waals surface area contributed by atoms with Crippen LogP contribution in [0.3, 0.4) is 0 Å². The van der Waals surface area contributed by atoms with E-state index in [1.807, 2.05) is 0 Å². The van der Waals surface area contributed by atoms with Gasteiger partial charge in [-0.1, -0.05) is 214 Å². The van der Waals surface area contributed by atoms with Crippen LogP contribution in [0.2, 0.25) is 0 Å². The minimum absolute atomic E-state index is 0.892. The summed E-state index contributed by atoms with van der Waals surface area (Å²) in [6.45, 7) is 13.4. The first-order valence-corrected chi connectivity index (χ1v) is 19.9. The van der Waals surface area contributed by atoms with Crippen LogP contribution in [-0.4, -0.2) is 24.5 Å². The van der Waals surface area contributed by atoms with Crippen molar-refractivity contribution in [3.8, 4) is 0 Å². The highest BCUT2D eigenvalue weighted by molar-refractivity contribution is 4.61. The van der Waals surface area contributed by atoms with Crippen molar-refractivity contribution in [1.82, 2.24) is 4.90 Å². The summed E-state index contributed by atoms with van der Waals surface area (Å²) in [4.78, 5) is 2.85. The lowest BCUT2D eigenvalue weighted by Crippen LogP contribution is -2.27. The molecule has 0 radical (unpaired) electrons. The van der Waals surface area contributed by atoms with Crippen LogP contribution in [0.4, 0.5) is 0 Å². The van der Waals surface area contributed by atoms with Gasteiger partial charge in [-0.3, -0.25) is 0 Å². The summed E-state index contributed by atoms with van der Waals surface area (Å²) in [5, 5.41) is 0. The average molecular weight is 578 g/mol. The molecule has 0 spiro atoms. The van der Waals surface area contributed by atoms with Crippen molar-refractivity contribution >= 4 is 0 Å². The molecule has 0 saturated heterocycles. The molecular formula is C40H83N. The zero-order chi connectivity index (χ0) is 29.9. The van der Waals surface area contributed by atoms with Gasteiger partial charge in [0.15, 0.2) is 0 Å². The van der Waals surface area contributed by atoms with E-state index < -0.39 is 0 Å². The maximum absolute atomic E-state index is 2.85. The minimum atomic E-state index is 0.892. The summed E-state index contributed by atoms with van der Waals surface area (Å²) in [7, 11) is 0. The zero-order valence-corrected chi connectivity index (χ0v) is 29.8. The second-order valence-electron chi connectivity index (χ2n) is 14.3. The lowest BCUT2D eigenvalue weighted by molar-refractivity contribution is 0.254. The third-order valence-electron chi connectivity index (χ3n) is 9.41. The van der Waals surface area contributed by atoms with Crippen molar-refractivity contribution in [2.75, 3.05) is 19.6 Å². The van der Waals surface area contributed by atoms with E-state index in [-0.39, 0.29) is 0 Å². The summed E-state index contributed by atoms with van der Waals surface area (Å²) >= 11 is 0. The van der Waals surface area contributed by atoms with Gasteiger partial charge in [0.25, 0.3) is 0 Å². The van der Waals surface area contributed by atoms with Crippen LogP contribution >= 0.6 is 0 Å². The minimum Gasteiger partial charge on any atom is -0.303 e. The van der Waals surface area contributed by atoms with Crippen LogP contribution in [0.15, 0.2) is 0 Å². The van der Waals surface area contributed by atoms with Crippen LogP contribution in [0, 0.1) is 5.92 Å². The van der Waals surface area contributed by atoms with Gasteiger partial charge < -0.3 is 4.90 Å². The van der Waals surface area contributed by atoms with E-state index in [1.54, 1.807) is 0 Å². The molecule has 0 amide bonds. The molecule has 0 aliphatic carbocycles. The number of hydrogen-bond donors (Lipinski definition) is 0. The van der Waals surface area contributed by atoms with Gasteiger partial charge in [-0.05, 0) is 44.8 Å². The molecule has 0 fully saturated rings. The Labute approximate surface area is 263 Å². The van der Waals surface area contributed by atoms with Crippen LogP contribution in [0.5, 0.6) is 0 Å². The van der Waals surface area contributed by atoms with Gasteiger partial charge in [-0.15, -0.1) is 0 Å². The van der Waals surface area contributed by atoms with Gasteiger partial charge in [-0.2, -0.15) is 0 Å². The smallest absolute Gasteiger partial charge is 0.00187 e. The molecule has 0 rings (SSSR count). The fourth-order valence-electron chi connectivity index (χ4n) is 6.46. The summed E-state index contributed by atoms with van der Waals surface area (Å²) in [6.07, 6.45) is 46.6. The molecule has 0 N–H and O–H groups in total. The van der Waals surface area contributed by atoms with Crippen molar-refractivity contribution < 1.29 is 0 Å². The van der Waals surface area contributed by atoms with Gasteiger partial charge in [0.05, 0.1) is 0 Å². The maximum atomic E-state index is 2.85. The highest BCUT2D eigenvalue weighted by Gasteiger charge is 2.05. The van der Waals surface area contributed by atoms with Gasteiger partial charge >= 0.3 is 0 Å². The molecule has 248 valence electrons. The predicted molar refractivity (Wildman–Crippen MR) is 190 cm³/mol. The normalized spacial score (nSPS) is 11.9. The standard InChI is InChI=1S/C40H83N/c1-5-7-9-11-13-21-25-29-33-37-41(38-34-30-26-22-14-12-10-8-6-2)39-35-31-27-23-19-17-15-16-18-20-24-28-32-36-40(3)4/h40H,5-39H2,1-4H3. The quantitative estimate of drug-likeness (QED) is 0.0669. The first-order chi connectivity index (χ1) is 20.2. The van der Waals surface area contributed by atoms with Crippen LogP contribution in [0.25, 0.3) is 0 Å². The molecule has 0 aliphatic heterocycles. The Hall–Kier alpha value is -0.0400. The fraction of sp³-hybridized carbons (Fsp3) is 1.00. The topological polar surface area (TPSA) is 3.24 Å². The van der Waals surface area contributed by atoms with E-state index in [0.717, 1.165) is 5.92 Å². The molecule has 0 aromatic carbocycles. The van der Waals surface area contributed by atoms with E-state index in [1.165, 1.54) is 225 Å². The van der Waals surface area contributed by atoms with E-state index in [2.05, 4.69) is 32.6 Å². The second-order valence-corrected chi connectivity index (χ2v) is 14.3. The highest BCUT2D eigenvalue weighted by atomic mass is 15.1. The van der Waals surface area contributed by atoms with Crippen LogP contribution < -0.4 is 0 Å². The summed E-state index contributed by atoms with van der Waals surface area (Å²) in [5.74, 6) is 0.892. The third-order valence-corrected chi connectivity index (χ3v) is 9.41. The van der Waals surface area contributed by atoms with Crippen LogP contribution in [-0.2, 0) is 0 Å². The summed E-state index contributed by atoms with van der Waals surface area (Å²) < 4.78 is 0. The first-order valence-electron chi connectivity index (χ1n) is 19.9. The van der Waals surface area contributed by atoms with Crippen molar-refractivity contribution in [3.63, 3.8) is 0 Å². The summed E-state index contributed by atoms with van der Waals surface area (Å²) in [5.41, 5.74) is 0. The molecule has 41 heavy (non-hydrogen) atoms. The van der Waals surface area contributed by atoms with Crippen molar-refractivity contribution in [2.24, 2.45) is 5.92 Å². The first kappa shape index (κ1) is 41.0. The molecule has 0 aromatic heterocycles. The van der Waals surface area contributed by atoms with E-state index in [9.17, 15) is 0 Å². The fourth-order valence-corrected chi connectivity index (χ4v) is 6.46. The number of hydrogen-bond acceptors (Lipinski definition) is 1. The molecular weight excluding hydrogens is 494 g/mol. The molecule has 0 heterocycles. The molecule has 1 nitrogen and oxygen atoms in total. The Morgan fingerprint density at radius 1 is 0.293 bits per heavy atom. The van der Waals surface area contributed by atoms with Crippen molar-refractivity contribution in [2.45, 2.75) is 233 Å². The number of nitrogens with zero attached hydrogens (tertiary/aromatic N) is 1. The van der Waals surface area contributed by atoms with E-state index in [0.29, 0.717) is 0 Å². The average Bonchev–Trinajstić information content (AvgIpc) is 2.96. The Morgan fingerprint density at radius 2 is 0.512 bits per heavy atom. The molecule has 0 bridgehead atoms. The second kappa shape index (κ2) is 36.2. The Balaban J connectivity index is 3.81. The monoisotopic (exact) mass is 578 g/mol. The van der Waals surface area contributed by atoms with Crippen LogP contribution in [0.1, 0.15) is 233 Å². The van der Waals surface area contributed by atoms with E-state index in [4.69, 9.17) is 0 Å². The zero-order valence-electron chi connectivity index (χ0n) is 29.8. The lowest BCUT2D eigenvalue weighted by atomic mass is 10.0. The largest absolute Gasteiger partial charge is 0.303 e. The van der Waals surface area contributed by atoms with Gasteiger partial charge in [0.1, 0.15) is 0 Å². The molecule has 0 saturated carbocycles.